The van der Waals surface area contributed by atoms with Gasteiger partial charge in [-0.3, -0.25) is 9.59 Å². The van der Waals surface area contributed by atoms with Crippen molar-refractivity contribution in [3.63, 3.8) is 0 Å². The van der Waals surface area contributed by atoms with Crippen molar-refractivity contribution in [3.05, 3.63) is 45.1 Å². The van der Waals surface area contributed by atoms with Crippen molar-refractivity contribution in [2.45, 2.75) is 0 Å². The largest absolute Gasteiger partial charge is 0.356 e. The molecule has 0 aliphatic heterocycles. The van der Waals surface area contributed by atoms with Crippen molar-refractivity contribution in [2.24, 2.45) is 7.05 Å². The summed E-state index contributed by atoms with van der Waals surface area (Å²) in [5, 5.41) is 0.436. The topological polar surface area (TPSA) is 54.9 Å². The number of aromatic amines is 1. The van der Waals surface area contributed by atoms with Crippen molar-refractivity contribution in [1.82, 2.24) is 9.55 Å². The van der Waals surface area contributed by atoms with E-state index in [2.05, 4.69) is 4.98 Å². The minimum Gasteiger partial charge on any atom is -0.356 e. The van der Waals surface area contributed by atoms with E-state index in [0.29, 0.717) is 10.9 Å². The first kappa shape index (κ1) is 7.79. The molecule has 0 amide bonds. The molecule has 0 aliphatic rings. The van der Waals surface area contributed by atoms with Gasteiger partial charge in [-0.1, -0.05) is 0 Å². The molecule has 2 rings (SSSR count). The highest BCUT2D eigenvalue weighted by atomic mass is 16.1. The average molecular weight is 176 g/mol. The molecule has 1 N–H and O–H groups in total. The molecule has 0 bridgehead atoms. The number of nitrogens with zero attached hydrogens (tertiary/aromatic N) is 1. The van der Waals surface area contributed by atoms with Crippen molar-refractivity contribution < 1.29 is 0 Å². The summed E-state index contributed by atoms with van der Waals surface area (Å²) in [7, 11) is 1.65. The van der Waals surface area contributed by atoms with E-state index in [9.17, 15) is 9.59 Å². The second kappa shape index (κ2) is 2.58. The summed E-state index contributed by atoms with van der Waals surface area (Å²) >= 11 is 0. The Balaban J connectivity index is 3.12. The van der Waals surface area contributed by atoms with Gasteiger partial charge in [0, 0.05) is 25.5 Å². The van der Waals surface area contributed by atoms with Crippen molar-refractivity contribution >= 4 is 10.9 Å². The van der Waals surface area contributed by atoms with Crippen molar-refractivity contribution in [3.8, 4) is 0 Å². The van der Waals surface area contributed by atoms with E-state index in [1.165, 1.54) is 16.8 Å². The van der Waals surface area contributed by atoms with E-state index in [1.807, 2.05) is 0 Å². The molecule has 13 heavy (non-hydrogen) atoms. The maximum absolute atomic E-state index is 11.5. The Labute approximate surface area is 73.5 Å². The molecule has 4 nitrogen and oxygen atoms in total. The summed E-state index contributed by atoms with van der Waals surface area (Å²) in [6, 6.07) is 3.04. The van der Waals surface area contributed by atoms with Gasteiger partial charge in [0.05, 0.1) is 5.39 Å². The quantitative estimate of drug-likeness (QED) is 0.624. The van der Waals surface area contributed by atoms with E-state index in [0.717, 1.165) is 0 Å². The van der Waals surface area contributed by atoms with Crippen LogP contribution in [0.15, 0.2) is 34.1 Å². The Morgan fingerprint density at radius 2 is 2.08 bits per heavy atom. The van der Waals surface area contributed by atoms with Crippen LogP contribution in [0.4, 0.5) is 0 Å². The van der Waals surface area contributed by atoms with Crippen LogP contribution < -0.4 is 11.0 Å². The highest BCUT2D eigenvalue weighted by molar-refractivity contribution is 5.76. The minimum atomic E-state index is -0.185. The van der Waals surface area contributed by atoms with Crippen LogP contribution in [0.2, 0.25) is 0 Å². The van der Waals surface area contributed by atoms with Gasteiger partial charge in [0.25, 0.3) is 5.56 Å². The number of aromatic nitrogens is 2. The number of nitrogens with one attached hydrogen (secondary N) is 1. The highest BCUT2D eigenvalue weighted by Crippen LogP contribution is 1.98. The monoisotopic (exact) mass is 176 g/mol. The third-order valence-corrected chi connectivity index (χ3v) is 2.00. The summed E-state index contributed by atoms with van der Waals surface area (Å²) in [4.78, 5) is 25.5. The summed E-state index contributed by atoms with van der Waals surface area (Å²) in [5.74, 6) is 0. The van der Waals surface area contributed by atoms with E-state index in [1.54, 1.807) is 19.3 Å². The molecule has 0 unspecified atom stereocenters. The maximum atomic E-state index is 11.5. The first-order valence-electron chi connectivity index (χ1n) is 3.87. The molecule has 0 aromatic carbocycles. The molecule has 0 spiro atoms. The van der Waals surface area contributed by atoms with Gasteiger partial charge in [0.1, 0.15) is 5.52 Å². The Kier molecular flexibility index (Phi) is 1.55. The fraction of sp³-hybridized carbons (Fsp3) is 0.111. The van der Waals surface area contributed by atoms with Crippen molar-refractivity contribution in [2.75, 3.05) is 0 Å². The van der Waals surface area contributed by atoms with Crippen LogP contribution in [-0.4, -0.2) is 9.55 Å². The molecule has 4 heteroatoms. The second-order valence-electron chi connectivity index (χ2n) is 2.86. The van der Waals surface area contributed by atoms with Crippen LogP contribution in [0.25, 0.3) is 10.9 Å². The number of hydrogen-bond acceptors (Lipinski definition) is 2. The molecule has 0 aliphatic carbocycles. The number of H-pyrrole nitrogens is 1. The number of pyridine rings is 2. The lowest BCUT2D eigenvalue weighted by Crippen LogP contribution is -2.19. The highest BCUT2D eigenvalue weighted by Gasteiger charge is 2.01. The number of fused-ring (bicyclic) bond motifs is 1. The summed E-state index contributed by atoms with van der Waals surface area (Å²) in [6.07, 6.45) is 3.06. The zero-order valence-electron chi connectivity index (χ0n) is 7.07. The third kappa shape index (κ3) is 1.07. The summed E-state index contributed by atoms with van der Waals surface area (Å²) in [6.45, 7) is 0. The molecule has 2 aromatic heterocycles. The van der Waals surface area contributed by atoms with Crippen LogP contribution in [0, 0.1) is 0 Å². The zero-order chi connectivity index (χ0) is 9.42. The Bertz CT molecular complexity index is 566. The SMILES string of the molecule is Cn1ccc2c(=O)cc[nH]c2c1=O. The van der Waals surface area contributed by atoms with E-state index < -0.39 is 0 Å². The maximum Gasteiger partial charge on any atom is 0.274 e. The first-order valence-corrected chi connectivity index (χ1v) is 3.87. The second-order valence-corrected chi connectivity index (χ2v) is 2.86. The number of hydrogen-bond donors (Lipinski definition) is 1. The molecule has 0 atom stereocenters. The lowest BCUT2D eigenvalue weighted by atomic mass is 10.2. The number of aryl methyl sites for hydroxylation is 1. The molecule has 0 fully saturated rings. The molecule has 66 valence electrons. The fourth-order valence-electron chi connectivity index (χ4n) is 1.26. The Morgan fingerprint density at radius 3 is 2.85 bits per heavy atom. The number of rotatable bonds is 0. The summed E-state index contributed by atoms with van der Waals surface area (Å²) < 4.78 is 1.43. The predicted molar refractivity (Wildman–Crippen MR) is 49.8 cm³/mol. The van der Waals surface area contributed by atoms with Crippen LogP contribution >= 0.6 is 0 Å². The predicted octanol–water partition coefficient (Wildman–Crippen LogP) is 0.227. The van der Waals surface area contributed by atoms with Crippen LogP contribution in [-0.2, 0) is 7.05 Å². The molecule has 2 aromatic rings. The lowest BCUT2D eigenvalue weighted by molar-refractivity contribution is 0.869. The Hall–Kier alpha value is -1.84. The van der Waals surface area contributed by atoms with Gasteiger partial charge in [-0.2, -0.15) is 0 Å². The van der Waals surface area contributed by atoms with Gasteiger partial charge >= 0.3 is 0 Å². The smallest absolute Gasteiger partial charge is 0.274 e. The van der Waals surface area contributed by atoms with Crippen LogP contribution in [0.5, 0.6) is 0 Å². The van der Waals surface area contributed by atoms with Crippen LogP contribution in [0.1, 0.15) is 0 Å². The van der Waals surface area contributed by atoms with Gasteiger partial charge in [-0.05, 0) is 6.07 Å². The molecule has 0 saturated heterocycles. The lowest BCUT2D eigenvalue weighted by Gasteiger charge is -1.98. The van der Waals surface area contributed by atoms with Gasteiger partial charge in [0.2, 0.25) is 0 Å². The molecule has 2 heterocycles. The van der Waals surface area contributed by atoms with Gasteiger partial charge in [-0.25, -0.2) is 0 Å². The molecule has 0 saturated carbocycles. The van der Waals surface area contributed by atoms with Gasteiger partial charge in [-0.15, -0.1) is 0 Å². The van der Waals surface area contributed by atoms with E-state index >= 15 is 0 Å². The van der Waals surface area contributed by atoms with Gasteiger partial charge in [0.15, 0.2) is 5.43 Å². The molecule has 0 radical (unpaired) electrons. The average Bonchev–Trinajstić information content (AvgIpc) is 2.12. The van der Waals surface area contributed by atoms with E-state index in [-0.39, 0.29) is 11.0 Å². The fourth-order valence-corrected chi connectivity index (χ4v) is 1.26. The Morgan fingerprint density at radius 1 is 1.31 bits per heavy atom. The molecular weight excluding hydrogens is 168 g/mol. The van der Waals surface area contributed by atoms with Crippen molar-refractivity contribution in [1.29, 1.82) is 0 Å². The molecular formula is C9H8N2O2. The first-order chi connectivity index (χ1) is 6.20. The zero-order valence-corrected chi connectivity index (χ0v) is 7.07. The van der Waals surface area contributed by atoms with E-state index in [4.69, 9.17) is 0 Å². The standard InChI is InChI=1S/C9H8N2O2/c1-11-5-3-6-7(12)2-4-10-8(6)9(11)13/h2-5H,1H3,(H,10,12). The van der Waals surface area contributed by atoms with Crippen LogP contribution in [0.3, 0.4) is 0 Å². The normalized spacial score (nSPS) is 10.5. The van der Waals surface area contributed by atoms with Gasteiger partial charge < -0.3 is 9.55 Å². The minimum absolute atomic E-state index is 0.133. The summed E-state index contributed by atoms with van der Waals surface area (Å²) in [5.41, 5.74) is 0.0409. The third-order valence-electron chi connectivity index (χ3n) is 2.00.